The van der Waals surface area contributed by atoms with Gasteiger partial charge in [0.15, 0.2) is 6.29 Å². The molecule has 0 bridgehead atoms. The maximum absolute atomic E-state index is 8.83. The van der Waals surface area contributed by atoms with Gasteiger partial charge in [-0.25, -0.2) is 0 Å². The summed E-state index contributed by atoms with van der Waals surface area (Å²) in [5, 5.41) is 20.5. The normalized spacial score (nSPS) is 12.9. The van der Waals surface area contributed by atoms with Gasteiger partial charge in [0.2, 0.25) is 0 Å². The van der Waals surface area contributed by atoms with E-state index in [4.69, 9.17) is 15.9 Å². The van der Waals surface area contributed by atoms with Crippen molar-refractivity contribution in [1.82, 2.24) is 0 Å². The van der Waals surface area contributed by atoms with Crippen LogP contribution in [0.5, 0.6) is 0 Å². The third-order valence-corrected chi connectivity index (χ3v) is 1.79. The van der Waals surface area contributed by atoms with Crippen LogP contribution >= 0.6 is 0 Å². The van der Waals surface area contributed by atoms with Crippen molar-refractivity contribution in [3.63, 3.8) is 0 Å². The summed E-state index contributed by atoms with van der Waals surface area (Å²) in [5.41, 5.74) is 6.95. The molecule has 0 radical (unpaired) electrons. The Labute approximate surface area is 77.0 Å². The molecular formula is C9H14N2O2. The van der Waals surface area contributed by atoms with Crippen LogP contribution in [-0.4, -0.2) is 22.5 Å². The van der Waals surface area contributed by atoms with Gasteiger partial charge in [0, 0.05) is 0 Å². The lowest BCUT2D eigenvalue weighted by Gasteiger charge is -2.17. The van der Waals surface area contributed by atoms with Crippen molar-refractivity contribution < 1.29 is 10.2 Å². The molecule has 1 aromatic carbocycles. The number of nitrogens with one attached hydrogen (secondary N) is 1. The van der Waals surface area contributed by atoms with E-state index in [2.05, 4.69) is 5.32 Å². The van der Waals surface area contributed by atoms with E-state index in [0.29, 0.717) is 11.4 Å². The minimum atomic E-state index is -1.39. The van der Waals surface area contributed by atoms with Gasteiger partial charge in [-0.3, -0.25) is 0 Å². The van der Waals surface area contributed by atoms with Crippen molar-refractivity contribution in [2.45, 2.75) is 19.3 Å². The quantitative estimate of drug-likeness (QED) is 0.402. The van der Waals surface area contributed by atoms with Crippen LogP contribution in [0, 0.1) is 0 Å². The van der Waals surface area contributed by atoms with Crippen molar-refractivity contribution in [3.8, 4) is 0 Å². The predicted octanol–water partition coefficient (Wildman–Crippen LogP) is 0.380. The van der Waals surface area contributed by atoms with E-state index in [1.165, 1.54) is 0 Å². The summed E-state index contributed by atoms with van der Waals surface area (Å²) in [4.78, 5) is 0. The molecule has 0 aliphatic heterocycles. The van der Waals surface area contributed by atoms with Gasteiger partial charge in [-0.1, -0.05) is 12.1 Å². The van der Waals surface area contributed by atoms with Crippen LogP contribution in [0.15, 0.2) is 24.3 Å². The number of rotatable bonds is 3. The Hall–Kier alpha value is -1.26. The fourth-order valence-corrected chi connectivity index (χ4v) is 0.948. The second kappa shape index (κ2) is 4.11. The molecular weight excluding hydrogens is 168 g/mol. The first-order valence-corrected chi connectivity index (χ1v) is 4.08. The minimum Gasteiger partial charge on any atom is -0.397 e. The SMILES string of the molecule is C[C@H](Nc1ccccc1N)C(O)O. The van der Waals surface area contributed by atoms with Gasteiger partial charge in [0.1, 0.15) is 0 Å². The van der Waals surface area contributed by atoms with Crippen molar-refractivity contribution >= 4 is 11.4 Å². The van der Waals surface area contributed by atoms with Crippen LogP contribution in [0.2, 0.25) is 0 Å². The first-order valence-electron chi connectivity index (χ1n) is 4.08. The maximum atomic E-state index is 8.83. The Bertz CT molecular complexity index is 276. The number of nitrogen functional groups attached to an aromatic ring is 1. The highest BCUT2D eigenvalue weighted by Gasteiger charge is 2.10. The molecule has 13 heavy (non-hydrogen) atoms. The smallest absolute Gasteiger partial charge is 0.171 e. The molecule has 1 rings (SSSR count). The van der Waals surface area contributed by atoms with Gasteiger partial charge in [-0.15, -0.1) is 0 Å². The Morgan fingerprint density at radius 1 is 1.31 bits per heavy atom. The van der Waals surface area contributed by atoms with Gasteiger partial charge in [0.05, 0.1) is 17.4 Å². The van der Waals surface area contributed by atoms with Crippen LogP contribution in [0.4, 0.5) is 11.4 Å². The summed E-state index contributed by atoms with van der Waals surface area (Å²) in [6, 6.07) is 6.74. The van der Waals surface area contributed by atoms with Crippen molar-refractivity contribution in [1.29, 1.82) is 0 Å². The van der Waals surface area contributed by atoms with Crippen LogP contribution in [0.25, 0.3) is 0 Å². The Morgan fingerprint density at radius 2 is 1.92 bits per heavy atom. The highest BCUT2D eigenvalue weighted by atomic mass is 16.5. The third kappa shape index (κ3) is 2.61. The number of aliphatic hydroxyl groups excluding tert-OH is 1. The first kappa shape index (κ1) is 9.83. The largest absolute Gasteiger partial charge is 0.397 e. The molecule has 0 fully saturated rings. The topological polar surface area (TPSA) is 78.5 Å². The third-order valence-electron chi connectivity index (χ3n) is 1.79. The van der Waals surface area contributed by atoms with Gasteiger partial charge in [-0.05, 0) is 19.1 Å². The van der Waals surface area contributed by atoms with Gasteiger partial charge >= 0.3 is 0 Å². The molecule has 4 nitrogen and oxygen atoms in total. The van der Waals surface area contributed by atoms with Crippen molar-refractivity contribution in [2.75, 3.05) is 11.1 Å². The van der Waals surface area contributed by atoms with Gasteiger partial charge in [-0.2, -0.15) is 0 Å². The highest BCUT2D eigenvalue weighted by Crippen LogP contribution is 2.17. The molecule has 5 N–H and O–H groups in total. The van der Waals surface area contributed by atoms with Crippen LogP contribution in [-0.2, 0) is 0 Å². The molecule has 0 aliphatic rings. The fourth-order valence-electron chi connectivity index (χ4n) is 0.948. The molecule has 1 aromatic rings. The molecule has 0 saturated heterocycles. The number of nitrogens with two attached hydrogens (primary N) is 1. The standard InChI is InChI=1S/C9H14N2O2/c1-6(9(12)13)11-8-5-3-2-4-7(8)10/h2-6,9,11-13H,10H2,1H3/t6-/m0/s1. The number of anilines is 2. The van der Waals surface area contributed by atoms with Crippen LogP contribution in [0.3, 0.4) is 0 Å². The summed E-state index contributed by atoms with van der Waals surface area (Å²) in [7, 11) is 0. The lowest BCUT2D eigenvalue weighted by atomic mass is 10.2. The zero-order chi connectivity index (χ0) is 9.84. The van der Waals surface area contributed by atoms with Gasteiger partial charge < -0.3 is 21.3 Å². The number of hydrogen-bond donors (Lipinski definition) is 4. The number of benzene rings is 1. The minimum absolute atomic E-state index is 0.440. The lowest BCUT2D eigenvalue weighted by molar-refractivity contribution is -0.0491. The molecule has 0 spiro atoms. The van der Waals surface area contributed by atoms with Crippen LogP contribution in [0.1, 0.15) is 6.92 Å². The monoisotopic (exact) mass is 182 g/mol. The van der Waals surface area contributed by atoms with E-state index in [-0.39, 0.29) is 0 Å². The van der Waals surface area contributed by atoms with E-state index in [9.17, 15) is 0 Å². The average Bonchev–Trinajstić information content (AvgIpc) is 2.08. The molecule has 0 aliphatic carbocycles. The molecule has 72 valence electrons. The van der Waals surface area contributed by atoms with Gasteiger partial charge in [0.25, 0.3) is 0 Å². The number of para-hydroxylation sites is 2. The van der Waals surface area contributed by atoms with Crippen LogP contribution < -0.4 is 11.1 Å². The summed E-state index contributed by atoms with van der Waals surface area (Å²) in [5.74, 6) is 0. The zero-order valence-electron chi connectivity index (χ0n) is 7.44. The molecule has 0 aromatic heterocycles. The van der Waals surface area contributed by atoms with E-state index >= 15 is 0 Å². The van der Waals surface area contributed by atoms with E-state index < -0.39 is 12.3 Å². The fraction of sp³-hybridized carbons (Fsp3) is 0.333. The average molecular weight is 182 g/mol. The summed E-state index contributed by atoms with van der Waals surface area (Å²) in [6.07, 6.45) is -1.39. The summed E-state index contributed by atoms with van der Waals surface area (Å²) in [6.45, 7) is 1.66. The molecule has 0 saturated carbocycles. The summed E-state index contributed by atoms with van der Waals surface area (Å²) < 4.78 is 0. The van der Waals surface area contributed by atoms with Crippen molar-refractivity contribution in [3.05, 3.63) is 24.3 Å². The number of aliphatic hydroxyl groups is 2. The molecule has 1 atom stereocenters. The second-order valence-electron chi connectivity index (χ2n) is 2.93. The Balaban J connectivity index is 2.69. The van der Waals surface area contributed by atoms with Crippen molar-refractivity contribution in [2.24, 2.45) is 0 Å². The second-order valence-corrected chi connectivity index (χ2v) is 2.93. The maximum Gasteiger partial charge on any atom is 0.171 e. The summed E-state index contributed by atoms with van der Waals surface area (Å²) >= 11 is 0. The van der Waals surface area contributed by atoms with E-state index in [1.54, 1.807) is 19.1 Å². The number of hydrogen-bond acceptors (Lipinski definition) is 4. The zero-order valence-corrected chi connectivity index (χ0v) is 7.44. The Morgan fingerprint density at radius 3 is 2.46 bits per heavy atom. The van der Waals surface area contributed by atoms with E-state index in [1.807, 2.05) is 12.1 Å². The van der Waals surface area contributed by atoms with E-state index in [0.717, 1.165) is 0 Å². The molecule has 4 heteroatoms. The molecule has 0 heterocycles. The highest BCUT2D eigenvalue weighted by molar-refractivity contribution is 5.65. The first-order chi connectivity index (χ1) is 6.11. The molecule has 0 unspecified atom stereocenters. The predicted molar refractivity (Wildman–Crippen MR) is 52.2 cm³/mol. The molecule has 0 amide bonds. The Kier molecular flexibility index (Phi) is 3.11. The lowest BCUT2D eigenvalue weighted by Crippen LogP contribution is -2.30.